The number of nitrogens with one attached hydrogen (secondary N) is 3. The Morgan fingerprint density at radius 3 is 2.12 bits per heavy atom. The van der Waals surface area contributed by atoms with Gasteiger partial charge in [0.25, 0.3) is 0 Å². The molecule has 146 valence electrons. The molecule has 1 saturated heterocycles. The van der Waals surface area contributed by atoms with Crippen molar-refractivity contribution in [3.05, 3.63) is 0 Å². The van der Waals surface area contributed by atoms with E-state index >= 15 is 0 Å². The number of hydrogen-bond donors (Lipinski definition) is 3. The molecule has 0 bridgehead atoms. The Kier molecular flexibility index (Phi) is 13.3. The smallest absolute Gasteiger partial charge is 0.242 e. The van der Waals surface area contributed by atoms with E-state index in [0.717, 1.165) is 19.5 Å². The highest BCUT2D eigenvalue weighted by Crippen LogP contribution is 2.10. The Morgan fingerprint density at radius 1 is 0.920 bits per heavy atom. The maximum atomic E-state index is 11.8. The molecule has 5 heteroatoms. The van der Waals surface area contributed by atoms with Gasteiger partial charge in [-0.1, -0.05) is 64.7 Å². The highest BCUT2D eigenvalue weighted by molar-refractivity contribution is 5.90. The minimum atomic E-state index is -0.313. The average Bonchev–Trinajstić information content (AvgIpc) is 3.04. The third kappa shape index (κ3) is 12.0. The second kappa shape index (κ2) is 15.2. The fourth-order valence-corrected chi connectivity index (χ4v) is 3.22. The maximum absolute atomic E-state index is 11.8. The van der Waals surface area contributed by atoms with Gasteiger partial charge in [0.1, 0.15) is 6.04 Å². The first-order valence-electron chi connectivity index (χ1n) is 10.5. The van der Waals surface area contributed by atoms with Crippen LogP contribution in [0.4, 0.5) is 0 Å². The molecule has 1 rings (SSSR count). The molecule has 0 aromatic heterocycles. The lowest BCUT2D eigenvalue weighted by Crippen LogP contribution is -2.42. The van der Waals surface area contributed by atoms with E-state index in [9.17, 15) is 9.59 Å². The number of unbranched alkanes of at least 4 members (excludes halogenated alkanes) is 9. The topological polar surface area (TPSA) is 70.2 Å². The fourth-order valence-electron chi connectivity index (χ4n) is 3.22. The lowest BCUT2D eigenvalue weighted by molar-refractivity contribution is -0.125. The predicted octanol–water partition coefficient (Wildman–Crippen LogP) is 3.28. The Bertz CT molecular complexity index is 361. The van der Waals surface area contributed by atoms with Gasteiger partial charge in [0.15, 0.2) is 0 Å². The van der Waals surface area contributed by atoms with Crippen LogP contribution in [-0.2, 0) is 9.59 Å². The van der Waals surface area contributed by atoms with Crippen LogP contribution in [0.15, 0.2) is 0 Å². The summed E-state index contributed by atoms with van der Waals surface area (Å²) in [4.78, 5) is 22.8. The molecular formula is C20H39N3O2. The van der Waals surface area contributed by atoms with Crippen molar-refractivity contribution in [2.45, 2.75) is 96.4 Å². The summed E-state index contributed by atoms with van der Waals surface area (Å²) in [5.74, 6) is -0.0566. The van der Waals surface area contributed by atoms with Crippen molar-refractivity contribution in [3.63, 3.8) is 0 Å². The minimum absolute atomic E-state index is 0.0155. The second-order valence-electron chi connectivity index (χ2n) is 7.24. The van der Waals surface area contributed by atoms with E-state index in [4.69, 9.17) is 0 Å². The molecule has 3 N–H and O–H groups in total. The minimum Gasteiger partial charge on any atom is -0.354 e. The average molecular weight is 354 g/mol. The highest BCUT2D eigenvalue weighted by Gasteiger charge is 2.26. The molecule has 1 unspecified atom stereocenters. The molecular weight excluding hydrogens is 314 g/mol. The molecule has 2 amide bonds. The summed E-state index contributed by atoms with van der Waals surface area (Å²) < 4.78 is 0. The van der Waals surface area contributed by atoms with Gasteiger partial charge in [-0.3, -0.25) is 9.59 Å². The Hall–Kier alpha value is -1.10. The zero-order valence-corrected chi connectivity index (χ0v) is 16.2. The van der Waals surface area contributed by atoms with E-state index in [1.54, 1.807) is 0 Å². The second-order valence-corrected chi connectivity index (χ2v) is 7.24. The van der Waals surface area contributed by atoms with Crippen LogP contribution in [0.3, 0.4) is 0 Å². The van der Waals surface area contributed by atoms with E-state index in [0.29, 0.717) is 19.4 Å². The van der Waals surface area contributed by atoms with Crippen LogP contribution in [0.5, 0.6) is 0 Å². The zero-order chi connectivity index (χ0) is 18.2. The van der Waals surface area contributed by atoms with E-state index in [2.05, 4.69) is 22.9 Å². The fraction of sp³-hybridized carbons (Fsp3) is 0.900. The first-order valence-corrected chi connectivity index (χ1v) is 10.5. The van der Waals surface area contributed by atoms with Gasteiger partial charge < -0.3 is 16.0 Å². The van der Waals surface area contributed by atoms with Crippen LogP contribution < -0.4 is 16.0 Å². The van der Waals surface area contributed by atoms with Crippen LogP contribution in [0.2, 0.25) is 0 Å². The summed E-state index contributed by atoms with van der Waals surface area (Å²) in [6.07, 6.45) is 15.7. The van der Waals surface area contributed by atoms with E-state index in [1.807, 2.05) is 0 Å². The Balaban J connectivity index is 1.74. The molecule has 0 spiro atoms. The van der Waals surface area contributed by atoms with Crippen molar-refractivity contribution in [2.75, 3.05) is 19.6 Å². The van der Waals surface area contributed by atoms with Gasteiger partial charge in [0.2, 0.25) is 11.8 Å². The molecule has 1 heterocycles. The third-order valence-corrected chi connectivity index (χ3v) is 4.85. The molecule has 0 saturated carbocycles. The van der Waals surface area contributed by atoms with Crippen molar-refractivity contribution in [3.8, 4) is 0 Å². The quantitative estimate of drug-likeness (QED) is 0.373. The lowest BCUT2D eigenvalue weighted by atomic mass is 10.1. The Morgan fingerprint density at radius 2 is 1.52 bits per heavy atom. The molecule has 5 nitrogen and oxygen atoms in total. The first-order chi connectivity index (χ1) is 12.2. The largest absolute Gasteiger partial charge is 0.354 e. The molecule has 25 heavy (non-hydrogen) atoms. The summed E-state index contributed by atoms with van der Waals surface area (Å²) in [6.45, 7) is 4.95. The zero-order valence-electron chi connectivity index (χ0n) is 16.2. The monoisotopic (exact) mass is 353 g/mol. The van der Waals surface area contributed by atoms with Crippen molar-refractivity contribution in [2.24, 2.45) is 0 Å². The normalized spacial score (nSPS) is 16.8. The van der Waals surface area contributed by atoms with Crippen LogP contribution in [0, 0.1) is 0 Å². The maximum Gasteiger partial charge on any atom is 0.242 e. The molecule has 1 aliphatic rings. The highest BCUT2D eigenvalue weighted by atomic mass is 16.2. The standard InChI is InChI=1S/C20H39N3O2/c1-2-3-4-5-6-7-8-9-10-11-15-21-16-12-17-22-20(25)18-13-14-19(24)23-18/h18,21H,2-17H2,1H3,(H,22,25)(H,23,24). The Labute approximate surface area is 154 Å². The van der Waals surface area contributed by atoms with Gasteiger partial charge in [-0.25, -0.2) is 0 Å². The van der Waals surface area contributed by atoms with Crippen molar-refractivity contribution < 1.29 is 9.59 Å². The molecule has 1 atom stereocenters. The number of hydrogen-bond acceptors (Lipinski definition) is 3. The van der Waals surface area contributed by atoms with Gasteiger partial charge in [-0.05, 0) is 32.4 Å². The summed E-state index contributed by atoms with van der Waals surface area (Å²) in [7, 11) is 0. The van der Waals surface area contributed by atoms with Gasteiger partial charge >= 0.3 is 0 Å². The van der Waals surface area contributed by atoms with Gasteiger partial charge in [0.05, 0.1) is 0 Å². The van der Waals surface area contributed by atoms with E-state index in [-0.39, 0.29) is 17.9 Å². The molecule has 1 fully saturated rings. The van der Waals surface area contributed by atoms with E-state index in [1.165, 1.54) is 64.2 Å². The number of amides is 2. The van der Waals surface area contributed by atoms with Gasteiger partial charge in [-0.15, -0.1) is 0 Å². The van der Waals surface area contributed by atoms with Crippen molar-refractivity contribution >= 4 is 11.8 Å². The number of carbonyl (C=O) groups excluding carboxylic acids is 2. The summed E-state index contributed by atoms with van der Waals surface area (Å²) >= 11 is 0. The molecule has 0 aromatic rings. The van der Waals surface area contributed by atoms with Crippen LogP contribution in [-0.4, -0.2) is 37.5 Å². The molecule has 0 aromatic carbocycles. The first kappa shape index (κ1) is 21.9. The summed E-state index contributed by atoms with van der Waals surface area (Å²) in [5, 5.41) is 9.02. The van der Waals surface area contributed by atoms with Crippen LogP contribution in [0.1, 0.15) is 90.4 Å². The SMILES string of the molecule is CCCCCCCCCCCCNCCCNC(=O)C1CCC(=O)N1. The third-order valence-electron chi connectivity index (χ3n) is 4.85. The predicted molar refractivity (Wildman–Crippen MR) is 104 cm³/mol. The summed E-state index contributed by atoms with van der Waals surface area (Å²) in [6, 6.07) is -0.313. The van der Waals surface area contributed by atoms with Gasteiger partial charge in [0, 0.05) is 13.0 Å². The van der Waals surface area contributed by atoms with Gasteiger partial charge in [-0.2, -0.15) is 0 Å². The van der Waals surface area contributed by atoms with Crippen LogP contribution in [0.25, 0.3) is 0 Å². The summed E-state index contributed by atoms with van der Waals surface area (Å²) in [5.41, 5.74) is 0. The molecule has 0 aliphatic carbocycles. The lowest BCUT2D eigenvalue weighted by Gasteiger charge is -2.11. The number of carbonyl (C=O) groups is 2. The van der Waals surface area contributed by atoms with Crippen molar-refractivity contribution in [1.29, 1.82) is 0 Å². The van der Waals surface area contributed by atoms with E-state index < -0.39 is 0 Å². The molecule has 0 radical (unpaired) electrons. The van der Waals surface area contributed by atoms with Crippen LogP contribution >= 0.6 is 0 Å². The van der Waals surface area contributed by atoms with Crippen molar-refractivity contribution in [1.82, 2.24) is 16.0 Å². The molecule has 1 aliphatic heterocycles. The number of rotatable bonds is 16.